The van der Waals surface area contributed by atoms with Gasteiger partial charge in [-0.3, -0.25) is 0 Å². The van der Waals surface area contributed by atoms with Crippen molar-refractivity contribution in [2.45, 2.75) is 5.60 Å². The van der Waals surface area contributed by atoms with Crippen LogP contribution in [-0.2, 0) is 19.9 Å². The number of hydrogen-bond acceptors (Lipinski definition) is 4. The Hall–Kier alpha value is -3.06. The van der Waals surface area contributed by atoms with E-state index in [0.29, 0.717) is 11.1 Å². The molecule has 108 valence electrons. The van der Waals surface area contributed by atoms with E-state index in [9.17, 15) is 10.1 Å². The van der Waals surface area contributed by atoms with Gasteiger partial charge in [0.05, 0.1) is 7.11 Å². The molecule has 3 rings (SSSR count). The summed E-state index contributed by atoms with van der Waals surface area (Å²) < 4.78 is 10.6. The number of rotatable bonds is 2. The fourth-order valence-electron chi connectivity index (χ4n) is 2.57. The fraction of sp³-hybridized carbons (Fsp3) is 0.111. The third-order valence-corrected chi connectivity index (χ3v) is 3.61. The number of hydrogen-bond donors (Lipinski definition) is 0. The third-order valence-electron chi connectivity index (χ3n) is 3.61. The molecule has 4 heteroatoms. The number of carbonyl (C=O) groups is 1. The minimum atomic E-state index is -1.36. The van der Waals surface area contributed by atoms with E-state index in [2.05, 4.69) is 6.07 Å². The van der Waals surface area contributed by atoms with E-state index in [1.807, 2.05) is 42.5 Å². The van der Waals surface area contributed by atoms with Crippen molar-refractivity contribution in [3.05, 3.63) is 77.0 Å². The first-order chi connectivity index (χ1) is 10.7. The van der Waals surface area contributed by atoms with Gasteiger partial charge in [-0.2, -0.15) is 5.26 Å². The van der Waals surface area contributed by atoms with Crippen LogP contribution in [0.25, 0.3) is 6.08 Å². The van der Waals surface area contributed by atoms with Crippen LogP contribution < -0.4 is 0 Å². The Balaban J connectivity index is 2.26. The molecule has 1 aliphatic rings. The highest BCUT2D eigenvalue weighted by atomic mass is 16.6. The Morgan fingerprint density at radius 3 is 2.50 bits per heavy atom. The van der Waals surface area contributed by atoms with Crippen LogP contribution in [0.2, 0.25) is 0 Å². The molecule has 1 aliphatic heterocycles. The number of ether oxygens (including phenoxy) is 2. The lowest BCUT2D eigenvalue weighted by Gasteiger charge is -2.33. The summed E-state index contributed by atoms with van der Waals surface area (Å²) in [6.07, 6.45) is 1.60. The smallest absolute Gasteiger partial charge is 0.373 e. The predicted molar refractivity (Wildman–Crippen MR) is 80.4 cm³/mol. The highest BCUT2D eigenvalue weighted by molar-refractivity contribution is 5.93. The zero-order chi connectivity index (χ0) is 15.6. The Kier molecular flexibility index (Phi) is 3.40. The quantitative estimate of drug-likeness (QED) is 0.798. The number of methoxy groups -OCH3 is 1. The lowest BCUT2D eigenvalue weighted by Crippen LogP contribution is -2.34. The van der Waals surface area contributed by atoms with Crippen LogP contribution in [0.4, 0.5) is 0 Å². The van der Waals surface area contributed by atoms with Crippen molar-refractivity contribution in [3.63, 3.8) is 0 Å². The highest BCUT2D eigenvalue weighted by Gasteiger charge is 2.43. The van der Waals surface area contributed by atoms with E-state index in [4.69, 9.17) is 9.47 Å². The molecule has 0 aromatic heterocycles. The van der Waals surface area contributed by atoms with Gasteiger partial charge >= 0.3 is 5.97 Å². The molecule has 0 bridgehead atoms. The van der Waals surface area contributed by atoms with Gasteiger partial charge in [0.25, 0.3) is 0 Å². The summed E-state index contributed by atoms with van der Waals surface area (Å²) in [5, 5.41) is 9.86. The summed E-state index contributed by atoms with van der Waals surface area (Å²) in [5.74, 6) is -0.586. The van der Waals surface area contributed by atoms with Gasteiger partial charge in [0, 0.05) is 11.1 Å². The number of fused-ring (bicyclic) bond motifs is 1. The van der Waals surface area contributed by atoms with Gasteiger partial charge in [-0.05, 0) is 11.6 Å². The van der Waals surface area contributed by atoms with Crippen molar-refractivity contribution in [2.24, 2.45) is 0 Å². The van der Waals surface area contributed by atoms with Crippen molar-refractivity contribution in [2.75, 3.05) is 7.11 Å². The summed E-state index contributed by atoms with van der Waals surface area (Å²) in [6.45, 7) is 0. The summed E-state index contributed by atoms with van der Waals surface area (Å²) >= 11 is 0. The Morgan fingerprint density at radius 1 is 1.14 bits per heavy atom. The van der Waals surface area contributed by atoms with Gasteiger partial charge in [-0.1, -0.05) is 54.6 Å². The molecular weight excluding hydrogens is 278 g/mol. The molecule has 0 saturated carbocycles. The molecule has 4 nitrogen and oxygen atoms in total. The maximum atomic E-state index is 11.9. The SMILES string of the molecule is COC(=O)C1=Cc2ccccc2C(C#N)(c2ccccc2)O1. The maximum absolute atomic E-state index is 11.9. The molecule has 0 amide bonds. The minimum absolute atomic E-state index is 0.0200. The van der Waals surface area contributed by atoms with Crippen LogP contribution in [0.1, 0.15) is 16.7 Å². The number of nitriles is 1. The lowest BCUT2D eigenvalue weighted by atomic mass is 9.82. The molecule has 2 aromatic carbocycles. The first kappa shape index (κ1) is 13.9. The van der Waals surface area contributed by atoms with Crippen LogP contribution in [0.3, 0.4) is 0 Å². The molecule has 1 heterocycles. The van der Waals surface area contributed by atoms with Crippen molar-refractivity contribution >= 4 is 12.0 Å². The van der Waals surface area contributed by atoms with E-state index in [-0.39, 0.29) is 5.76 Å². The summed E-state index contributed by atoms with van der Waals surface area (Å²) in [7, 11) is 1.28. The van der Waals surface area contributed by atoms with Gasteiger partial charge < -0.3 is 9.47 Å². The molecular formula is C18H13NO3. The first-order valence-corrected chi connectivity index (χ1v) is 6.76. The zero-order valence-corrected chi connectivity index (χ0v) is 11.9. The van der Waals surface area contributed by atoms with Crippen molar-refractivity contribution in [1.29, 1.82) is 5.26 Å². The van der Waals surface area contributed by atoms with Crippen molar-refractivity contribution in [3.8, 4) is 6.07 Å². The normalized spacial score (nSPS) is 19.2. The molecule has 0 spiro atoms. The second-order valence-electron chi connectivity index (χ2n) is 4.85. The standard InChI is InChI=1S/C18H13NO3/c1-21-17(20)16-11-13-7-5-6-10-15(13)18(12-19,22-16)14-8-3-2-4-9-14/h2-11H,1H3. The third kappa shape index (κ3) is 2.04. The van der Waals surface area contributed by atoms with E-state index < -0.39 is 11.6 Å². The number of benzene rings is 2. The minimum Gasteiger partial charge on any atom is -0.463 e. The molecule has 0 aliphatic carbocycles. The highest BCUT2D eigenvalue weighted by Crippen LogP contribution is 2.41. The average molecular weight is 291 g/mol. The average Bonchev–Trinajstić information content (AvgIpc) is 2.60. The predicted octanol–water partition coefficient (Wildman–Crippen LogP) is 3.00. The fourth-order valence-corrected chi connectivity index (χ4v) is 2.57. The first-order valence-electron chi connectivity index (χ1n) is 6.76. The Morgan fingerprint density at radius 2 is 1.82 bits per heavy atom. The molecule has 0 fully saturated rings. The monoisotopic (exact) mass is 291 g/mol. The summed E-state index contributed by atoms with van der Waals surface area (Å²) in [5.41, 5.74) is 0.770. The Labute approximate surface area is 128 Å². The summed E-state index contributed by atoms with van der Waals surface area (Å²) in [6, 6.07) is 18.7. The molecule has 22 heavy (non-hydrogen) atoms. The molecule has 0 N–H and O–H groups in total. The van der Waals surface area contributed by atoms with Crippen LogP contribution in [0, 0.1) is 11.3 Å². The van der Waals surface area contributed by atoms with Crippen molar-refractivity contribution in [1.82, 2.24) is 0 Å². The van der Waals surface area contributed by atoms with E-state index in [1.165, 1.54) is 7.11 Å². The van der Waals surface area contributed by atoms with Gasteiger partial charge in [0.15, 0.2) is 0 Å². The summed E-state index contributed by atoms with van der Waals surface area (Å²) in [4.78, 5) is 11.9. The topological polar surface area (TPSA) is 59.3 Å². The number of esters is 1. The molecule has 2 aromatic rings. The molecule has 1 unspecified atom stereocenters. The van der Waals surface area contributed by atoms with Crippen LogP contribution in [0.5, 0.6) is 0 Å². The van der Waals surface area contributed by atoms with Crippen LogP contribution >= 0.6 is 0 Å². The zero-order valence-electron chi connectivity index (χ0n) is 11.9. The van der Waals surface area contributed by atoms with Gasteiger partial charge in [-0.25, -0.2) is 4.79 Å². The maximum Gasteiger partial charge on any atom is 0.373 e. The van der Waals surface area contributed by atoms with Crippen LogP contribution in [0.15, 0.2) is 60.4 Å². The second kappa shape index (κ2) is 5.38. The molecule has 0 radical (unpaired) electrons. The second-order valence-corrected chi connectivity index (χ2v) is 4.85. The molecule has 1 atom stereocenters. The largest absolute Gasteiger partial charge is 0.463 e. The van der Waals surface area contributed by atoms with E-state index >= 15 is 0 Å². The number of carbonyl (C=O) groups excluding carboxylic acids is 1. The van der Waals surface area contributed by atoms with E-state index in [0.717, 1.165) is 5.56 Å². The van der Waals surface area contributed by atoms with Gasteiger partial charge in [0.1, 0.15) is 6.07 Å². The lowest BCUT2D eigenvalue weighted by molar-refractivity contribution is -0.141. The van der Waals surface area contributed by atoms with E-state index in [1.54, 1.807) is 18.2 Å². The van der Waals surface area contributed by atoms with Crippen LogP contribution in [-0.4, -0.2) is 13.1 Å². The number of nitrogens with zero attached hydrogens (tertiary/aromatic N) is 1. The molecule has 0 saturated heterocycles. The van der Waals surface area contributed by atoms with Gasteiger partial charge in [0.2, 0.25) is 11.4 Å². The van der Waals surface area contributed by atoms with Gasteiger partial charge in [-0.15, -0.1) is 0 Å². The van der Waals surface area contributed by atoms with Crippen molar-refractivity contribution < 1.29 is 14.3 Å². The Bertz CT molecular complexity index is 789.